The van der Waals surface area contributed by atoms with Crippen LogP contribution in [0.4, 0.5) is 0 Å². The number of nitrogens with zero attached hydrogens (tertiary/aromatic N) is 2. The summed E-state index contributed by atoms with van der Waals surface area (Å²) < 4.78 is 6.04. The van der Waals surface area contributed by atoms with E-state index in [9.17, 15) is 9.59 Å². The number of aryl methyl sites for hydroxylation is 1. The molecule has 0 bridgehead atoms. The number of carbonyl (C=O) groups is 3. The van der Waals surface area contributed by atoms with Crippen LogP contribution in [-0.4, -0.2) is 51.1 Å². The minimum atomic E-state index is -1.23. The number of carbonyl (C=O) groups excluding carboxylic acids is 2. The predicted molar refractivity (Wildman–Crippen MR) is 141 cm³/mol. The molecule has 38 heavy (non-hydrogen) atoms. The fourth-order valence-electron chi connectivity index (χ4n) is 4.75. The van der Waals surface area contributed by atoms with Crippen molar-refractivity contribution in [2.24, 2.45) is 11.7 Å². The number of rotatable bonds is 8. The van der Waals surface area contributed by atoms with Gasteiger partial charge in [0.15, 0.2) is 0 Å². The Labute approximate surface area is 221 Å². The van der Waals surface area contributed by atoms with Crippen LogP contribution in [0, 0.1) is 12.8 Å². The Bertz CT molecular complexity index is 1280. The quantitative estimate of drug-likeness (QED) is 0.200. The van der Waals surface area contributed by atoms with Gasteiger partial charge in [0.25, 0.3) is 12.4 Å². The van der Waals surface area contributed by atoms with E-state index in [1.54, 1.807) is 17.6 Å². The van der Waals surface area contributed by atoms with Gasteiger partial charge in [-0.05, 0) is 55.5 Å². The number of aromatic nitrogens is 1. The number of benzene rings is 2. The minimum absolute atomic E-state index is 0.163. The van der Waals surface area contributed by atoms with E-state index in [0.29, 0.717) is 37.3 Å². The van der Waals surface area contributed by atoms with Gasteiger partial charge in [-0.2, -0.15) is 0 Å². The predicted octanol–water partition coefficient (Wildman–Crippen LogP) is 3.13. The van der Waals surface area contributed by atoms with Gasteiger partial charge in [-0.25, -0.2) is 5.48 Å². The molecule has 202 valence electrons. The third kappa shape index (κ3) is 6.27. The molecule has 0 spiro atoms. The highest BCUT2D eigenvalue weighted by Crippen LogP contribution is 2.34. The monoisotopic (exact) mass is 522 g/mol. The van der Waals surface area contributed by atoms with Crippen LogP contribution in [-0.2, 0) is 26.5 Å². The summed E-state index contributed by atoms with van der Waals surface area (Å²) in [5, 5.41) is 17.1. The zero-order valence-electron chi connectivity index (χ0n) is 21.8. The Morgan fingerprint density at radius 1 is 1.24 bits per heavy atom. The van der Waals surface area contributed by atoms with Crippen molar-refractivity contribution in [1.82, 2.24) is 15.4 Å². The van der Waals surface area contributed by atoms with Crippen LogP contribution >= 0.6 is 0 Å². The number of nitrogens with one attached hydrogen (secondary N) is 1. The maximum Gasteiger partial charge on any atom is 0.290 e. The lowest BCUT2D eigenvalue weighted by molar-refractivity contribution is -0.144. The lowest BCUT2D eigenvalue weighted by Crippen LogP contribution is -2.52. The molecule has 1 aliphatic rings. The maximum atomic E-state index is 13.3. The number of pyridine rings is 1. The molecule has 10 heteroatoms. The van der Waals surface area contributed by atoms with E-state index < -0.39 is 17.5 Å². The summed E-state index contributed by atoms with van der Waals surface area (Å²) >= 11 is 0. The van der Waals surface area contributed by atoms with E-state index in [1.165, 1.54) is 4.90 Å². The summed E-state index contributed by atoms with van der Waals surface area (Å²) in [5.41, 5.74) is 10.6. The standard InChI is InChI=1S/C27H32N4O4.CH2O2/c1-17(2)14-24(25(32)30-34)31-13-12-27(28,26(31)33)20-8-10-21(11-9-20)35-16-19-15-18(3)29-23-7-5-4-6-22(19)23;2-1-3/h4-11,15,17,24,34H,12-14,16,28H2,1-3H3,(H,30,32);1H,(H,2,3). The molecule has 4 rings (SSSR count). The average Bonchev–Trinajstić information content (AvgIpc) is 3.20. The van der Waals surface area contributed by atoms with Gasteiger partial charge in [0.05, 0.1) is 5.52 Å². The number of nitrogens with two attached hydrogens (primary N) is 1. The third-order valence-electron chi connectivity index (χ3n) is 6.57. The Kier molecular flexibility index (Phi) is 9.38. The van der Waals surface area contributed by atoms with Gasteiger partial charge >= 0.3 is 0 Å². The third-order valence-corrected chi connectivity index (χ3v) is 6.57. The molecule has 2 unspecified atom stereocenters. The first kappa shape index (κ1) is 28.5. The molecule has 0 saturated carbocycles. The van der Waals surface area contributed by atoms with Crippen LogP contribution in [0.15, 0.2) is 54.6 Å². The van der Waals surface area contributed by atoms with Crippen LogP contribution in [0.5, 0.6) is 5.75 Å². The lowest BCUT2D eigenvalue weighted by atomic mass is 9.89. The van der Waals surface area contributed by atoms with Crippen molar-refractivity contribution in [1.29, 1.82) is 0 Å². The van der Waals surface area contributed by atoms with Crippen LogP contribution in [0.1, 0.15) is 43.5 Å². The highest BCUT2D eigenvalue weighted by atomic mass is 16.5. The van der Waals surface area contributed by atoms with Crippen molar-refractivity contribution in [2.45, 2.75) is 51.8 Å². The SMILES string of the molecule is Cc1cc(COc2ccc(C3(N)CCN(C(CC(C)C)C(=O)NO)C3=O)cc2)c2ccccc2n1.O=CO. The van der Waals surface area contributed by atoms with Crippen LogP contribution in [0.2, 0.25) is 0 Å². The van der Waals surface area contributed by atoms with Crippen LogP contribution in [0.3, 0.4) is 0 Å². The van der Waals surface area contributed by atoms with Crippen molar-refractivity contribution in [2.75, 3.05) is 6.54 Å². The summed E-state index contributed by atoms with van der Waals surface area (Å²) in [6.45, 7) is 6.36. The van der Waals surface area contributed by atoms with Crippen molar-refractivity contribution in [3.05, 3.63) is 71.4 Å². The highest BCUT2D eigenvalue weighted by Gasteiger charge is 2.48. The molecule has 0 aliphatic carbocycles. The maximum absolute atomic E-state index is 13.3. The summed E-state index contributed by atoms with van der Waals surface area (Å²) in [4.78, 5) is 40.0. The number of para-hydroxylation sites is 1. The second-order valence-electron chi connectivity index (χ2n) is 9.70. The summed E-state index contributed by atoms with van der Waals surface area (Å²) in [6.07, 6.45) is 0.811. The van der Waals surface area contributed by atoms with E-state index in [2.05, 4.69) is 4.98 Å². The van der Waals surface area contributed by atoms with E-state index in [0.717, 1.165) is 22.2 Å². The van der Waals surface area contributed by atoms with Crippen molar-refractivity contribution in [3.63, 3.8) is 0 Å². The fraction of sp³-hybridized carbons (Fsp3) is 0.357. The highest BCUT2D eigenvalue weighted by molar-refractivity contribution is 5.94. The molecular formula is C28H34N4O6. The molecule has 2 atom stereocenters. The molecular weight excluding hydrogens is 488 g/mol. The van der Waals surface area contributed by atoms with Crippen molar-refractivity contribution in [3.8, 4) is 5.75 Å². The van der Waals surface area contributed by atoms with Crippen molar-refractivity contribution >= 4 is 29.2 Å². The topological polar surface area (TPSA) is 155 Å². The number of hydroxylamine groups is 1. The molecule has 2 aromatic carbocycles. The Morgan fingerprint density at radius 2 is 1.89 bits per heavy atom. The molecule has 1 aliphatic heterocycles. The van der Waals surface area contributed by atoms with E-state index in [-0.39, 0.29) is 18.3 Å². The minimum Gasteiger partial charge on any atom is -0.489 e. The molecule has 1 aromatic heterocycles. The molecule has 2 heterocycles. The second kappa shape index (κ2) is 12.5. The smallest absolute Gasteiger partial charge is 0.290 e. The zero-order chi connectivity index (χ0) is 27.9. The largest absolute Gasteiger partial charge is 0.489 e. The zero-order valence-corrected chi connectivity index (χ0v) is 21.8. The summed E-state index contributed by atoms with van der Waals surface area (Å²) in [5.74, 6) is -0.0933. The van der Waals surface area contributed by atoms with Gasteiger partial charge < -0.3 is 20.5 Å². The number of amides is 2. The first-order chi connectivity index (χ1) is 18.1. The Balaban J connectivity index is 0.00000127. The molecule has 1 saturated heterocycles. The van der Waals surface area contributed by atoms with E-state index in [4.69, 9.17) is 25.6 Å². The van der Waals surface area contributed by atoms with Crippen molar-refractivity contribution < 1.29 is 29.4 Å². The lowest BCUT2D eigenvalue weighted by Gasteiger charge is -2.30. The molecule has 0 radical (unpaired) electrons. The number of likely N-dealkylation sites (tertiary alicyclic amines) is 1. The first-order valence-corrected chi connectivity index (χ1v) is 12.3. The van der Waals surface area contributed by atoms with Gasteiger partial charge in [-0.3, -0.25) is 24.6 Å². The summed E-state index contributed by atoms with van der Waals surface area (Å²) in [6, 6.07) is 16.4. The molecule has 1 fully saturated rings. The fourth-order valence-corrected chi connectivity index (χ4v) is 4.75. The Hall–Kier alpha value is -4.02. The number of fused-ring (bicyclic) bond motifs is 1. The molecule has 3 aromatic rings. The van der Waals surface area contributed by atoms with Gasteiger partial charge in [0, 0.05) is 23.2 Å². The molecule has 10 nitrogen and oxygen atoms in total. The van der Waals surface area contributed by atoms with Gasteiger partial charge in [0.1, 0.15) is 23.9 Å². The van der Waals surface area contributed by atoms with Gasteiger partial charge in [-0.15, -0.1) is 0 Å². The van der Waals surface area contributed by atoms with Crippen LogP contribution in [0.25, 0.3) is 10.9 Å². The normalized spacial score (nSPS) is 17.6. The average molecular weight is 523 g/mol. The number of hydrogen-bond acceptors (Lipinski definition) is 7. The number of carboxylic acid groups (broad SMARTS) is 1. The van der Waals surface area contributed by atoms with E-state index in [1.807, 2.05) is 63.2 Å². The molecule has 2 amide bonds. The van der Waals surface area contributed by atoms with Crippen LogP contribution < -0.4 is 16.0 Å². The number of hydrogen-bond donors (Lipinski definition) is 4. The Morgan fingerprint density at radius 3 is 2.53 bits per heavy atom. The summed E-state index contributed by atoms with van der Waals surface area (Å²) in [7, 11) is 0. The first-order valence-electron chi connectivity index (χ1n) is 12.3. The second-order valence-corrected chi connectivity index (χ2v) is 9.70. The van der Waals surface area contributed by atoms with E-state index >= 15 is 0 Å². The molecule has 5 N–H and O–H groups in total. The van der Waals surface area contributed by atoms with Gasteiger partial charge in [-0.1, -0.05) is 44.2 Å². The number of ether oxygens (including phenoxy) is 1. The van der Waals surface area contributed by atoms with Gasteiger partial charge in [0.2, 0.25) is 5.91 Å².